The van der Waals surface area contributed by atoms with E-state index in [1.165, 1.54) is 0 Å². The molecular formula is C22H24ClN3O2. The van der Waals surface area contributed by atoms with E-state index < -0.39 is 0 Å². The van der Waals surface area contributed by atoms with Gasteiger partial charge in [-0.1, -0.05) is 11.6 Å². The smallest absolute Gasteiger partial charge is 0.255 e. The third kappa shape index (κ3) is 4.14. The Morgan fingerprint density at radius 2 is 1.68 bits per heavy atom. The Labute approximate surface area is 170 Å². The van der Waals surface area contributed by atoms with E-state index in [2.05, 4.69) is 10.2 Å². The molecule has 28 heavy (non-hydrogen) atoms. The predicted octanol–water partition coefficient (Wildman–Crippen LogP) is 3.96. The summed E-state index contributed by atoms with van der Waals surface area (Å²) in [4.78, 5) is 29.0. The van der Waals surface area contributed by atoms with Gasteiger partial charge in [0.2, 0.25) is 5.91 Å². The van der Waals surface area contributed by atoms with Crippen LogP contribution in [-0.4, -0.2) is 42.9 Å². The fraction of sp³-hybridized carbons (Fsp3) is 0.364. The molecule has 4 rings (SSSR count). The van der Waals surface area contributed by atoms with Gasteiger partial charge in [-0.15, -0.1) is 0 Å². The second-order valence-corrected chi connectivity index (χ2v) is 7.98. The van der Waals surface area contributed by atoms with Crippen molar-refractivity contribution >= 4 is 34.8 Å². The Balaban J connectivity index is 1.36. The van der Waals surface area contributed by atoms with E-state index in [0.717, 1.165) is 56.0 Å². The van der Waals surface area contributed by atoms with Crippen molar-refractivity contribution in [3.05, 3.63) is 58.6 Å². The number of anilines is 2. The molecule has 0 bridgehead atoms. The average Bonchev–Trinajstić information content (AvgIpc) is 3.55. The molecule has 0 atom stereocenters. The Morgan fingerprint density at radius 1 is 1.00 bits per heavy atom. The van der Waals surface area contributed by atoms with Gasteiger partial charge in [0.25, 0.3) is 5.91 Å². The highest BCUT2D eigenvalue weighted by atomic mass is 35.5. The zero-order valence-electron chi connectivity index (χ0n) is 16.0. The van der Waals surface area contributed by atoms with Gasteiger partial charge in [0.1, 0.15) is 0 Å². The highest BCUT2D eigenvalue weighted by Gasteiger charge is 2.34. The number of halogens is 1. The first-order valence-corrected chi connectivity index (χ1v) is 10.1. The van der Waals surface area contributed by atoms with Gasteiger partial charge in [0.15, 0.2) is 0 Å². The summed E-state index contributed by atoms with van der Waals surface area (Å²) >= 11 is 5.97. The third-order valence-corrected chi connectivity index (χ3v) is 5.68. The molecule has 6 heteroatoms. The molecule has 2 aromatic carbocycles. The molecule has 2 fully saturated rings. The molecule has 1 aliphatic heterocycles. The van der Waals surface area contributed by atoms with Crippen molar-refractivity contribution in [1.29, 1.82) is 0 Å². The average molecular weight is 398 g/mol. The molecule has 0 spiro atoms. The highest BCUT2D eigenvalue weighted by Crippen LogP contribution is 2.31. The van der Waals surface area contributed by atoms with Crippen LogP contribution < -0.4 is 10.2 Å². The van der Waals surface area contributed by atoms with Crippen LogP contribution in [0, 0.1) is 12.8 Å². The topological polar surface area (TPSA) is 52.7 Å². The largest absolute Gasteiger partial charge is 0.368 e. The SMILES string of the molecule is Cc1cc(Cl)ccc1NC(=O)c1ccc(N2CCN(C(=O)C3CC3)CC2)cc1. The first-order chi connectivity index (χ1) is 13.5. The molecule has 0 aromatic heterocycles. The molecule has 0 radical (unpaired) electrons. The summed E-state index contributed by atoms with van der Waals surface area (Å²) in [5.74, 6) is 0.467. The van der Waals surface area contributed by atoms with Gasteiger partial charge in [-0.25, -0.2) is 0 Å². The Hall–Kier alpha value is -2.53. The summed E-state index contributed by atoms with van der Waals surface area (Å²) < 4.78 is 0. The van der Waals surface area contributed by atoms with Crippen LogP contribution in [-0.2, 0) is 4.79 Å². The summed E-state index contributed by atoms with van der Waals surface area (Å²) in [5, 5.41) is 3.58. The van der Waals surface area contributed by atoms with Gasteiger partial charge in [0, 0.05) is 54.1 Å². The highest BCUT2D eigenvalue weighted by molar-refractivity contribution is 6.30. The lowest BCUT2D eigenvalue weighted by Crippen LogP contribution is -2.49. The molecule has 1 heterocycles. The van der Waals surface area contributed by atoms with E-state index >= 15 is 0 Å². The molecule has 2 amide bonds. The van der Waals surface area contributed by atoms with Crippen LogP contribution in [0.1, 0.15) is 28.8 Å². The lowest BCUT2D eigenvalue weighted by Gasteiger charge is -2.36. The molecule has 1 N–H and O–H groups in total. The first kappa shape index (κ1) is 18.8. The number of amides is 2. The van der Waals surface area contributed by atoms with Gasteiger partial charge < -0.3 is 15.1 Å². The number of nitrogens with zero attached hydrogens (tertiary/aromatic N) is 2. The molecule has 146 valence electrons. The van der Waals surface area contributed by atoms with Crippen LogP contribution in [0.25, 0.3) is 0 Å². The van der Waals surface area contributed by atoms with Crippen LogP contribution in [0.2, 0.25) is 5.02 Å². The minimum absolute atomic E-state index is 0.142. The third-order valence-electron chi connectivity index (χ3n) is 5.45. The van der Waals surface area contributed by atoms with Gasteiger partial charge >= 0.3 is 0 Å². The van der Waals surface area contributed by atoms with Gasteiger partial charge in [-0.05, 0) is 67.8 Å². The van der Waals surface area contributed by atoms with Crippen molar-refractivity contribution in [3.8, 4) is 0 Å². The number of piperazine rings is 1. The van der Waals surface area contributed by atoms with Crippen molar-refractivity contribution < 1.29 is 9.59 Å². The minimum Gasteiger partial charge on any atom is -0.368 e. The molecule has 5 nitrogen and oxygen atoms in total. The molecule has 1 saturated carbocycles. The Kier molecular flexibility index (Phi) is 5.27. The molecule has 2 aromatic rings. The van der Waals surface area contributed by atoms with Gasteiger partial charge in [-0.3, -0.25) is 9.59 Å². The van der Waals surface area contributed by atoms with Crippen molar-refractivity contribution in [3.63, 3.8) is 0 Å². The monoisotopic (exact) mass is 397 g/mol. The maximum Gasteiger partial charge on any atom is 0.255 e. The van der Waals surface area contributed by atoms with Crippen molar-refractivity contribution in [1.82, 2.24) is 4.90 Å². The van der Waals surface area contributed by atoms with Crippen LogP contribution >= 0.6 is 11.6 Å². The van der Waals surface area contributed by atoms with Crippen LogP contribution in [0.4, 0.5) is 11.4 Å². The van der Waals surface area contributed by atoms with Crippen molar-refractivity contribution in [2.75, 3.05) is 36.4 Å². The maximum atomic E-state index is 12.5. The maximum absolute atomic E-state index is 12.5. The zero-order chi connectivity index (χ0) is 19.7. The predicted molar refractivity (Wildman–Crippen MR) is 112 cm³/mol. The summed E-state index contributed by atoms with van der Waals surface area (Å²) in [5.41, 5.74) is 3.38. The zero-order valence-corrected chi connectivity index (χ0v) is 16.7. The van der Waals surface area contributed by atoms with E-state index in [0.29, 0.717) is 16.5 Å². The number of aryl methyl sites for hydroxylation is 1. The fourth-order valence-electron chi connectivity index (χ4n) is 3.56. The second kappa shape index (κ2) is 7.84. The van der Waals surface area contributed by atoms with E-state index in [1.54, 1.807) is 6.07 Å². The van der Waals surface area contributed by atoms with E-state index in [1.807, 2.05) is 48.2 Å². The lowest BCUT2D eigenvalue weighted by atomic mass is 10.1. The summed E-state index contributed by atoms with van der Waals surface area (Å²) in [6, 6.07) is 13.0. The Morgan fingerprint density at radius 3 is 2.29 bits per heavy atom. The number of hydrogen-bond donors (Lipinski definition) is 1. The van der Waals surface area contributed by atoms with Crippen LogP contribution in [0.15, 0.2) is 42.5 Å². The second-order valence-electron chi connectivity index (χ2n) is 7.55. The van der Waals surface area contributed by atoms with Crippen LogP contribution in [0.3, 0.4) is 0 Å². The summed E-state index contributed by atoms with van der Waals surface area (Å²) in [6.07, 6.45) is 2.11. The lowest BCUT2D eigenvalue weighted by molar-refractivity contribution is -0.132. The molecule has 1 saturated heterocycles. The van der Waals surface area contributed by atoms with Crippen LogP contribution in [0.5, 0.6) is 0 Å². The summed E-state index contributed by atoms with van der Waals surface area (Å²) in [6.45, 7) is 5.11. The Bertz CT molecular complexity index is 885. The van der Waals surface area contributed by atoms with Gasteiger partial charge in [-0.2, -0.15) is 0 Å². The number of nitrogens with one attached hydrogen (secondary N) is 1. The number of carbonyl (C=O) groups is 2. The molecule has 1 aliphatic carbocycles. The van der Waals surface area contributed by atoms with Gasteiger partial charge in [0.05, 0.1) is 0 Å². The molecule has 2 aliphatic rings. The molecular weight excluding hydrogens is 374 g/mol. The van der Waals surface area contributed by atoms with Crippen molar-refractivity contribution in [2.45, 2.75) is 19.8 Å². The summed E-state index contributed by atoms with van der Waals surface area (Å²) in [7, 11) is 0. The standard InChI is InChI=1S/C22H24ClN3O2/c1-15-14-18(23)6-9-20(15)24-21(27)16-4-7-19(8-5-16)25-10-12-26(13-11-25)22(28)17-2-3-17/h4-9,14,17H,2-3,10-13H2,1H3,(H,24,27). The number of benzene rings is 2. The fourth-order valence-corrected chi connectivity index (χ4v) is 3.79. The van der Waals surface area contributed by atoms with E-state index in [4.69, 9.17) is 11.6 Å². The van der Waals surface area contributed by atoms with E-state index in [9.17, 15) is 9.59 Å². The quantitative estimate of drug-likeness (QED) is 0.849. The first-order valence-electron chi connectivity index (χ1n) is 9.72. The van der Waals surface area contributed by atoms with Crippen molar-refractivity contribution in [2.24, 2.45) is 5.92 Å². The minimum atomic E-state index is -0.142. The number of rotatable bonds is 4. The molecule has 0 unspecified atom stereocenters. The normalized spacial score (nSPS) is 16.8. The number of hydrogen-bond acceptors (Lipinski definition) is 3. The van der Waals surface area contributed by atoms with E-state index in [-0.39, 0.29) is 11.8 Å². The number of carbonyl (C=O) groups excluding carboxylic acids is 2.